The van der Waals surface area contributed by atoms with E-state index in [-0.39, 0.29) is 11.3 Å². The van der Waals surface area contributed by atoms with Gasteiger partial charge in [0, 0.05) is 5.56 Å². The lowest BCUT2D eigenvalue weighted by molar-refractivity contribution is 0.0999. The molecule has 0 aromatic heterocycles. The van der Waals surface area contributed by atoms with Gasteiger partial charge < -0.3 is 15.8 Å². The van der Waals surface area contributed by atoms with Gasteiger partial charge in [-0.05, 0) is 56.5 Å². The summed E-state index contributed by atoms with van der Waals surface area (Å²) >= 11 is 0. The number of carbonyl (C=O) groups excluding carboxylic acids is 1. The van der Waals surface area contributed by atoms with Gasteiger partial charge in [0.2, 0.25) is 5.91 Å². The Hall–Kier alpha value is -1.62. The van der Waals surface area contributed by atoms with Gasteiger partial charge in [-0.2, -0.15) is 0 Å². The van der Waals surface area contributed by atoms with E-state index in [2.05, 4.69) is 5.32 Å². The highest BCUT2D eigenvalue weighted by atomic mass is 19.1. The van der Waals surface area contributed by atoms with Crippen molar-refractivity contribution in [2.75, 3.05) is 19.7 Å². The average Bonchev–Trinajstić information content (AvgIpc) is 2.41. The number of amides is 1. The van der Waals surface area contributed by atoms with Gasteiger partial charge in [-0.25, -0.2) is 4.39 Å². The summed E-state index contributed by atoms with van der Waals surface area (Å²) in [6, 6.07) is 4.04. The quantitative estimate of drug-likeness (QED) is 0.852. The van der Waals surface area contributed by atoms with Crippen molar-refractivity contribution in [2.24, 2.45) is 11.7 Å². The molecule has 0 radical (unpaired) electrons. The predicted molar refractivity (Wildman–Crippen MR) is 70.6 cm³/mol. The molecule has 0 saturated carbocycles. The van der Waals surface area contributed by atoms with Gasteiger partial charge in [-0.1, -0.05) is 0 Å². The van der Waals surface area contributed by atoms with E-state index in [1.165, 1.54) is 25.0 Å². The number of halogens is 1. The lowest BCUT2D eigenvalue weighted by Crippen LogP contribution is -2.30. The molecule has 1 unspecified atom stereocenters. The van der Waals surface area contributed by atoms with Crippen LogP contribution >= 0.6 is 0 Å². The molecular weight excluding hydrogens is 247 g/mol. The Morgan fingerprint density at radius 1 is 1.53 bits per heavy atom. The number of carbonyl (C=O) groups is 1. The first-order chi connectivity index (χ1) is 9.16. The molecule has 0 bridgehead atoms. The van der Waals surface area contributed by atoms with E-state index < -0.39 is 11.7 Å². The minimum atomic E-state index is -0.640. The summed E-state index contributed by atoms with van der Waals surface area (Å²) in [4.78, 5) is 10.9. The fraction of sp³-hybridized carbons (Fsp3) is 0.500. The van der Waals surface area contributed by atoms with E-state index >= 15 is 0 Å². The molecule has 1 aliphatic heterocycles. The number of hydrogen-bond donors (Lipinski definition) is 2. The van der Waals surface area contributed by atoms with E-state index in [1.807, 2.05) is 0 Å². The van der Waals surface area contributed by atoms with E-state index in [4.69, 9.17) is 10.5 Å². The standard InChI is InChI=1S/C14H19FN2O2/c15-12-8-11(14(16)18)3-4-13(12)19-7-5-10-2-1-6-17-9-10/h3-4,8,10,17H,1-2,5-7,9H2,(H2,16,18). The zero-order valence-electron chi connectivity index (χ0n) is 10.8. The number of nitrogens with one attached hydrogen (secondary N) is 1. The molecule has 0 spiro atoms. The zero-order valence-corrected chi connectivity index (χ0v) is 10.8. The van der Waals surface area contributed by atoms with Crippen molar-refractivity contribution in [3.8, 4) is 5.75 Å². The van der Waals surface area contributed by atoms with Crippen LogP contribution in [0.1, 0.15) is 29.6 Å². The molecule has 1 heterocycles. The van der Waals surface area contributed by atoms with Crippen molar-refractivity contribution >= 4 is 5.91 Å². The van der Waals surface area contributed by atoms with Gasteiger partial charge in [0.15, 0.2) is 11.6 Å². The number of benzene rings is 1. The monoisotopic (exact) mass is 266 g/mol. The Morgan fingerprint density at radius 3 is 3.00 bits per heavy atom. The van der Waals surface area contributed by atoms with E-state index in [0.717, 1.165) is 25.6 Å². The number of rotatable bonds is 5. The summed E-state index contributed by atoms with van der Waals surface area (Å²) < 4.78 is 19.1. The SMILES string of the molecule is NC(=O)c1ccc(OCCC2CCCNC2)c(F)c1. The van der Waals surface area contributed by atoms with Gasteiger partial charge >= 0.3 is 0 Å². The summed E-state index contributed by atoms with van der Waals surface area (Å²) in [7, 11) is 0. The largest absolute Gasteiger partial charge is 0.491 e. The first kappa shape index (κ1) is 13.8. The molecular formula is C14H19FN2O2. The van der Waals surface area contributed by atoms with Crippen LogP contribution in [0.4, 0.5) is 4.39 Å². The Kier molecular flexibility index (Phi) is 4.74. The molecule has 4 nitrogen and oxygen atoms in total. The molecule has 1 amide bonds. The maximum atomic E-state index is 13.6. The molecule has 1 atom stereocenters. The number of piperidine rings is 1. The summed E-state index contributed by atoms with van der Waals surface area (Å²) in [5.74, 6) is -0.410. The molecule has 1 aromatic rings. The van der Waals surface area contributed by atoms with Crippen LogP contribution in [0.15, 0.2) is 18.2 Å². The van der Waals surface area contributed by atoms with Gasteiger partial charge in [0.25, 0.3) is 0 Å². The van der Waals surface area contributed by atoms with Crippen LogP contribution in [0.5, 0.6) is 5.75 Å². The van der Waals surface area contributed by atoms with Crippen LogP contribution < -0.4 is 15.8 Å². The fourth-order valence-electron chi connectivity index (χ4n) is 2.28. The number of nitrogens with two attached hydrogens (primary N) is 1. The van der Waals surface area contributed by atoms with Gasteiger partial charge in [-0.15, -0.1) is 0 Å². The Labute approximate surface area is 112 Å². The summed E-state index contributed by atoms with van der Waals surface area (Å²) in [6.07, 6.45) is 3.29. The average molecular weight is 266 g/mol. The molecule has 1 aliphatic rings. The first-order valence-electron chi connectivity index (χ1n) is 6.59. The summed E-state index contributed by atoms with van der Waals surface area (Å²) in [6.45, 7) is 2.58. The van der Waals surface area contributed by atoms with Gasteiger partial charge in [0.05, 0.1) is 6.61 Å². The summed E-state index contributed by atoms with van der Waals surface area (Å²) in [5, 5.41) is 3.33. The van der Waals surface area contributed by atoms with Crippen LogP contribution in [-0.4, -0.2) is 25.6 Å². The molecule has 3 N–H and O–H groups in total. The van der Waals surface area contributed by atoms with E-state index in [9.17, 15) is 9.18 Å². The normalized spacial score (nSPS) is 19.1. The second-order valence-corrected chi connectivity index (χ2v) is 4.86. The van der Waals surface area contributed by atoms with E-state index in [0.29, 0.717) is 12.5 Å². The Balaban J connectivity index is 1.83. The maximum Gasteiger partial charge on any atom is 0.248 e. The Bertz CT molecular complexity index is 445. The van der Waals surface area contributed by atoms with Gasteiger partial charge in [-0.3, -0.25) is 4.79 Å². The van der Waals surface area contributed by atoms with Crippen molar-refractivity contribution < 1.29 is 13.9 Å². The van der Waals surface area contributed by atoms with E-state index in [1.54, 1.807) is 0 Å². The molecule has 1 saturated heterocycles. The van der Waals surface area contributed by atoms with Crippen molar-refractivity contribution in [1.82, 2.24) is 5.32 Å². The first-order valence-corrected chi connectivity index (χ1v) is 6.59. The zero-order chi connectivity index (χ0) is 13.7. The molecule has 2 rings (SSSR count). The van der Waals surface area contributed by atoms with Crippen LogP contribution in [0.2, 0.25) is 0 Å². The van der Waals surface area contributed by atoms with Gasteiger partial charge in [0.1, 0.15) is 0 Å². The lowest BCUT2D eigenvalue weighted by Gasteiger charge is -2.22. The highest BCUT2D eigenvalue weighted by molar-refractivity contribution is 5.92. The maximum absolute atomic E-state index is 13.6. The lowest BCUT2D eigenvalue weighted by atomic mass is 9.97. The number of ether oxygens (including phenoxy) is 1. The number of hydrogen-bond acceptors (Lipinski definition) is 3. The third-order valence-corrected chi connectivity index (χ3v) is 3.40. The second kappa shape index (κ2) is 6.52. The smallest absolute Gasteiger partial charge is 0.248 e. The molecule has 104 valence electrons. The van der Waals surface area contributed by atoms with Crippen molar-refractivity contribution in [1.29, 1.82) is 0 Å². The molecule has 1 aromatic carbocycles. The highest BCUT2D eigenvalue weighted by Crippen LogP contribution is 2.20. The third-order valence-electron chi connectivity index (χ3n) is 3.40. The topological polar surface area (TPSA) is 64.4 Å². The molecule has 0 aliphatic carbocycles. The minimum Gasteiger partial charge on any atom is -0.491 e. The predicted octanol–water partition coefficient (Wildman–Crippen LogP) is 1.69. The molecule has 5 heteroatoms. The highest BCUT2D eigenvalue weighted by Gasteiger charge is 2.13. The van der Waals surface area contributed by atoms with Crippen molar-refractivity contribution in [3.63, 3.8) is 0 Å². The Morgan fingerprint density at radius 2 is 2.37 bits per heavy atom. The van der Waals surface area contributed by atoms with Crippen LogP contribution in [0.25, 0.3) is 0 Å². The summed E-state index contributed by atoms with van der Waals surface area (Å²) in [5.41, 5.74) is 5.23. The van der Waals surface area contributed by atoms with Crippen molar-refractivity contribution in [3.05, 3.63) is 29.6 Å². The number of primary amides is 1. The van der Waals surface area contributed by atoms with Crippen molar-refractivity contribution in [2.45, 2.75) is 19.3 Å². The fourth-order valence-corrected chi connectivity index (χ4v) is 2.28. The van der Waals surface area contributed by atoms with Crippen LogP contribution in [0, 0.1) is 11.7 Å². The minimum absolute atomic E-state index is 0.154. The van der Waals surface area contributed by atoms with Crippen LogP contribution in [0.3, 0.4) is 0 Å². The molecule has 19 heavy (non-hydrogen) atoms. The second-order valence-electron chi connectivity index (χ2n) is 4.86. The molecule has 1 fully saturated rings. The third kappa shape index (κ3) is 3.92. The van der Waals surface area contributed by atoms with Crippen LogP contribution in [-0.2, 0) is 0 Å².